The van der Waals surface area contributed by atoms with Crippen molar-refractivity contribution in [1.29, 1.82) is 0 Å². The zero-order valence-corrected chi connectivity index (χ0v) is 10.3. The lowest BCUT2D eigenvalue weighted by Crippen LogP contribution is -2.31. The van der Waals surface area contributed by atoms with Crippen LogP contribution >= 0.6 is 11.3 Å². The van der Waals surface area contributed by atoms with E-state index in [0.29, 0.717) is 0 Å². The third-order valence-electron chi connectivity index (χ3n) is 3.02. The molecule has 0 aliphatic carbocycles. The predicted molar refractivity (Wildman–Crippen MR) is 71.5 cm³/mol. The number of fused-ring (bicyclic) bond motifs is 1. The normalized spacial score (nSPS) is 17.6. The second kappa shape index (κ2) is 4.31. The lowest BCUT2D eigenvalue weighted by atomic mass is 9.95. The van der Waals surface area contributed by atoms with Gasteiger partial charge in [-0.2, -0.15) is 0 Å². The summed E-state index contributed by atoms with van der Waals surface area (Å²) in [4.78, 5) is 13.7. The topological polar surface area (TPSA) is 40.5 Å². The summed E-state index contributed by atoms with van der Waals surface area (Å²) in [5.41, 5.74) is 2.11. The van der Waals surface area contributed by atoms with Crippen LogP contribution in [0.5, 0.6) is 0 Å². The number of benzene rings is 1. The van der Waals surface area contributed by atoms with Crippen molar-refractivity contribution in [2.75, 3.05) is 0 Å². The second-order valence-electron chi connectivity index (χ2n) is 4.05. The monoisotopic (exact) mass is 257 g/mol. The Morgan fingerprint density at radius 3 is 2.78 bits per heavy atom. The van der Waals surface area contributed by atoms with Crippen molar-refractivity contribution < 1.29 is 9.90 Å². The maximum absolute atomic E-state index is 11.3. The van der Waals surface area contributed by atoms with Gasteiger partial charge in [-0.25, -0.2) is 4.79 Å². The van der Waals surface area contributed by atoms with Crippen LogP contribution in [0.15, 0.2) is 48.0 Å². The van der Waals surface area contributed by atoms with E-state index in [1.165, 1.54) is 4.90 Å². The van der Waals surface area contributed by atoms with Gasteiger partial charge in [0, 0.05) is 11.1 Å². The van der Waals surface area contributed by atoms with Crippen LogP contribution in [0, 0.1) is 0 Å². The van der Waals surface area contributed by atoms with Gasteiger partial charge in [0.1, 0.15) is 0 Å². The van der Waals surface area contributed by atoms with Crippen LogP contribution in [0.2, 0.25) is 0 Å². The molecule has 3 rings (SSSR count). The fourth-order valence-corrected chi connectivity index (χ4v) is 3.06. The van der Waals surface area contributed by atoms with Gasteiger partial charge in [-0.05, 0) is 28.6 Å². The quantitative estimate of drug-likeness (QED) is 0.844. The average molecular weight is 257 g/mol. The molecule has 1 aromatic carbocycles. The predicted octanol–water partition coefficient (Wildman–Crippen LogP) is 3.80. The number of nitrogens with zero attached hydrogens (tertiary/aromatic N) is 1. The zero-order valence-electron chi connectivity index (χ0n) is 9.48. The molecule has 2 heterocycles. The lowest BCUT2D eigenvalue weighted by molar-refractivity contribution is 0.154. The molecule has 0 spiro atoms. The molecule has 90 valence electrons. The van der Waals surface area contributed by atoms with E-state index in [2.05, 4.69) is 0 Å². The van der Waals surface area contributed by atoms with Gasteiger partial charge in [0.15, 0.2) is 0 Å². The summed E-state index contributed by atoms with van der Waals surface area (Å²) in [6.45, 7) is 0. The van der Waals surface area contributed by atoms with Crippen LogP contribution in [0.3, 0.4) is 0 Å². The fraction of sp³-hybridized carbons (Fsp3) is 0.0714. The van der Waals surface area contributed by atoms with E-state index < -0.39 is 6.09 Å². The molecule has 0 radical (unpaired) electrons. The maximum Gasteiger partial charge on any atom is 0.412 e. The molecule has 1 aliphatic heterocycles. The van der Waals surface area contributed by atoms with Crippen molar-refractivity contribution in [3.63, 3.8) is 0 Å². The molecule has 0 bridgehead atoms. The molecule has 1 atom stereocenters. The minimum absolute atomic E-state index is 0.233. The van der Waals surface area contributed by atoms with Crippen LogP contribution in [-0.2, 0) is 0 Å². The first-order valence-electron chi connectivity index (χ1n) is 5.59. The summed E-state index contributed by atoms with van der Waals surface area (Å²) >= 11 is 1.58. The molecule has 2 aromatic rings. The first kappa shape index (κ1) is 11.0. The first-order valence-corrected chi connectivity index (χ1v) is 6.47. The van der Waals surface area contributed by atoms with Crippen molar-refractivity contribution in [2.45, 2.75) is 6.04 Å². The fourth-order valence-electron chi connectivity index (χ4n) is 2.22. The smallest absolute Gasteiger partial charge is 0.412 e. The van der Waals surface area contributed by atoms with Crippen molar-refractivity contribution in [3.05, 3.63) is 64.0 Å². The van der Waals surface area contributed by atoms with Crippen LogP contribution in [0.1, 0.15) is 22.0 Å². The van der Waals surface area contributed by atoms with Crippen molar-refractivity contribution in [2.24, 2.45) is 0 Å². The van der Waals surface area contributed by atoms with Gasteiger partial charge in [-0.15, -0.1) is 11.3 Å². The van der Waals surface area contributed by atoms with Crippen LogP contribution in [-0.4, -0.2) is 16.1 Å². The van der Waals surface area contributed by atoms with Gasteiger partial charge in [0.2, 0.25) is 0 Å². The highest BCUT2D eigenvalue weighted by atomic mass is 32.1. The number of hydrogen-bond acceptors (Lipinski definition) is 2. The average Bonchev–Trinajstić information content (AvgIpc) is 2.90. The van der Waals surface area contributed by atoms with E-state index in [9.17, 15) is 9.90 Å². The number of rotatable bonds is 1. The van der Waals surface area contributed by atoms with Gasteiger partial charge in [-0.3, -0.25) is 4.90 Å². The number of amides is 1. The van der Waals surface area contributed by atoms with Crippen LogP contribution in [0.25, 0.3) is 6.08 Å². The summed E-state index contributed by atoms with van der Waals surface area (Å²) in [6.07, 6.45) is 2.54. The first-order chi connectivity index (χ1) is 8.77. The molecule has 1 aliphatic rings. The van der Waals surface area contributed by atoms with Gasteiger partial charge < -0.3 is 5.11 Å². The molecule has 0 saturated heterocycles. The molecule has 1 unspecified atom stereocenters. The number of hydrogen-bond donors (Lipinski definition) is 1. The maximum atomic E-state index is 11.3. The summed E-state index contributed by atoms with van der Waals surface area (Å²) in [7, 11) is 0. The Morgan fingerprint density at radius 2 is 2.06 bits per heavy atom. The van der Waals surface area contributed by atoms with Crippen molar-refractivity contribution in [3.8, 4) is 0 Å². The van der Waals surface area contributed by atoms with Gasteiger partial charge in [-0.1, -0.05) is 30.3 Å². The van der Waals surface area contributed by atoms with Gasteiger partial charge in [0.25, 0.3) is 0 Å². The Balaban J connectivity index is 2.16. The standard InChI is InChI=1S/C14H11NO2S/c16-14(17)15-8-7-10-4-1-2-5-11(10)13(15)12-6-3-9-18-12/h1-9,13H,(H,16,17). The highest BCUT2D eigenvalue weighted by Gasteiger charge is 2.29. The summed E-state index contributed by atoms with van der Waals surface area (Å²) in [5.74, 6) is 0. The molecular weight excluding hydrogens is 246 g/mol. The second-order valence-corrected chi connectivity index (χ2v) is 5.03. The summed E-state index contributed by atoms with van der Waals surface area (Å²) in [5, 5.41) is 11.3. The Morgan fingerprint density at radius 1 is 1.22 bits per heavy atom. The van der Waals surface area contributed by atoms with E-state index >= 15 is 0 Å². The van der Waals surface area contributed by atoms with Crippen molar-refractivity contribution >= 4 is 23.5 Å². The molecule has 18 heavy (non-hydrogen) atoms. The number of carboxylic acid groups (broad SMARTS) is 1. The zero-order chi connectivity index (χ0) is 12.5. The highest BCUT2D eigenvalue weighted by molar-refractivity contribution is 7.10. The number of carbonyl (C=O) groups is 1. The molecule has 3 nitrogen and oxygen atoms in total. The number of thiophene rings is 1. The van der Waals surface area contributed by atoms with E-state index in [4.69, 9.17) is 0 Å². The third kappa shape index (κ3) is 1.71. The Bertz CT molecular complexity index is 604. The minimum atomic E-state index is -0.931. The van der Waals surface area contributed by atoms with Crippen LogP contribution in [0.4, 0.5) is 4.79 Å². The summed E-state index contributed by atoms with van der Waals surface area (Å²) in [6, 6.07) is 11.6. The minimum Gasteiger partial charge on any atom is -0.465 e. The van der Waals surface area contributed by atoms with Gasteiger partial charge in [0.05, 0.1) is 6.04 Å². The molecule has 0 fully saturated rings. The Labute approximate surface area is 109 Å². The summed E-state index contributed by atoms with van der Waals surface area (Å²) < 4.78 is 0. The highest BCUT2D eigenvalue weighted by Crippen LogP contribution is 2.37. The molecule has 1 aromatic heterocycles. The van der Waals surface area contributed by atoms with E-state index in [1.807, 2.05) is 47.9 Å². The van der Waals surface area contributed by atoms with E-state index in [1.54, 1.807) is 17.5 Å². The Kier molecular flexibility index (Phi) is 2.64. The molecule has 4 heteroatoms. The van der Waals surface area contributed by atoms with E-state index in [0.717, 1.165) is 16.0 Å². The molecule has 1 N–H and O–H groups in total. The van der Waals surface area contributed by atoms with Gasteiger partial charge >= 0.3 is 6.09 Å². The van der Waals surface area contributed by atoms with Crippen molar-refractivity contribution in [1.82, 2.24) is 4.90 Å². The lowest BCUT2D eigenvalue weighted by Gasteiger charge is -2.30. The molecule has 1 amide bonds. The third-order valence-corrected chi connectivity index (χ3v) is 3.94. The largest absolute Gasteiger partial charge is 0.465 e. The van der Waals surface area contributed by atoms with Crippen LogP contribution < -0.4 is 0 Å². The molecule has 0 saturated carbocycles. The van der Waals surface area contributed by atoms with E-state index in [-0.39, 0.29) is 6.04 Å². The Hall–Kier alpha value is -2.07. The molecular formula is C14H11NO2S. The SMILES string of the molecule is O=C(O)N1C=Cc2ccccc2C1c1cccs1.